The standard InChI is InChI=1S/C24H21Br/c1-24(2,3)22-13-10-19-14-17-6-4-5-7-18(17)15-21(19)23(22)16-8-11-20(25)12-9-16/h4-15H,1-3H3. The fourth-order valence-corrected chi connectivity index (χ4v) is 3.83. The van der Waals surface area contributed by atoms with E-state index in [1.807, 2.05) is 0 Å². The molecule has 0 unspecified atom stereocenters. The molecule has 4 aromatic rings. The topological polar surface area (TPSA) is 0 Å². The van der Waals surface area contributed by atoms with Crippen LogP contribution in [0.5, 0.6) is 0 Å². The third kappa shape index (κ3) is 2.98. The monoisotopic (exact) mass is 388 g/mol. The van der Waals surface area contributed by atoms with Crippen molar-refractivity contribution in [1.82, 2.24) is 0 Å². The van der Waals surface area contributed by atoms with E-state index >= 15 is 0 Å². The first-order valence-electron chi connectivity index (χ1n) is 8.65. The van der Waals surface area contributed by atoms with Crippen LogP contribution in [0.15, 0.2) is 77.3 Å². The van der Waals surface area contributed by atoms with Gasteiger partial charge < -0.3 is 0 Å². The predicted octanol–water partition coefficient (Wildman–Crippen LogP) is 7.72. The second-order valence-corrected chi connectivity index (χ2v) is 8.58. The molecule has 4 rings (SSSR count). The summed E-state index contributed by atoms with van der Waals surface area (Å²) < 4.78 is 1.11. The van der Waals surface area contributed by atoms with Gasteiger partial charge in [0.05, 0.1) is 0 Å². The summed E-state index contributed by atoms with van der Waals surface area (Å²) in [4.78, 5) is 0. The fraction of sp³-hybridized carbons (Fsp3) is 0.167. The normalized spacial score (nSPS) is 12.0. The molecule has 0 aliphatic carbocycles. The minimum Gasteiger partial charge on any atom is -0.0616 e. The maximum Gasteiger partial charge on any atom is 0.0175 e. The SMILES string of the molecule is CC(C)(C)c1ccc2cc3ccccc3cc2c1-c1ccc(Br)cc1. The molecular formula is C24H21Br. The zero-order valence-electron chi connectivity index (χ0n) is 14.8. The first-order chi connectivity index (χ1) is 11.9. The highest BCUT2D eigenvalue weighted by Gasteiger charge is 2.21. The van der Waals surface area contributed by atoms with Gasteiger partial charge in [-0.3, -0.25) is 0 Å². The molecule has 0 saturated carbocycles. The maximum absolute atomic E-state index is 3.56. The van der Waals surface area contributed by atoms with Crippen molar-refractivity contribution in [3.8, 4) is 11.1 Å². The third-order valence-corrected chi connectivity index (χ3v) is 5.36. The number of hydrogen-bond acceptors (Lipinski definition) is 0. The zero-order chi connectivity index (χ0) is 17.6. The van der Waals surface area contributed by atoms with Crippen molar-refractivity contribution >= 4 is 37.5 Å². The van der Waals surface area contributed by atoms with Crippen LogP contribution < -0.4 is 0 Å². The molecule has 0 radical (unpaired) electrons. The van der Waals surface area contributed by atoms with Crippen LogP contribution in [-0.4, -0.2) is 0 Å². The third-order valence-electron chi connectivity index (χ3n) is 4.83. The summed E-state index contributed by atoms with van der Waals surface area (Å²) in [7, 11) is 0. The van der Waals surface area contributed by atoms with Gasteiger partial charge in [0.25, 0.3) is 0 Å². The number of hydrogen-bond donors (Lipinski definition) is 0. The summed E-state index contributed by atoms with van der Waals surface area (Å²) in [5.74, 6) is 0. The molecule has 0 N–H and O–H groups in total. The first-order valence-corrected chi connectivity index (χ1v) is 9.45. The Kier molecular flexibility index (Phi) is 3.92. The van der Waals surface area contributed by atoms with Gasteiger partial charge >= 0.3 is 0 Å². The molecule has 0 aromatic heterocycles. The van der Waals surface area contributed by atoms with Gasteiger partial charge in [0.15, 0.2) is 0 Å². The number of fused-ring (bicyclic) bond motifs is 2. The van der Waals surface area contributed by atoms with E-state index in [-0.39, 0.29) is 5.41 Å². The molecule has 1 heteroatoms. The lowest BCUT2D eigenvalue weighted by Gasteiger charge is -2.25. The zero-order valence-corrected chi connectivity index (χ0v) is 16.4. The number of benzene rings is 4. The molecular weight excluding hydrogens is 368 g/mol. The van der Waals surface area contributed by atoms with Crippen LogP contribution in [0, 0.1) is 0 Å². The van der Waals surface area contributed by atoms with E-state index in [2.05, 4.69) is 109 Å². The van der Waals surface area contributed by atoms with E-state index in [0.717, 1.165) is 4.47 Å². The number of rotatable bonds is 1. The van der Waals surface area contributed by atoms with Crippen LogP contribution in [0.2, 0.25) is 0 Å². The Hall–Kier alpha value is -2.12. The highest BCUT2D eigenvalue weighted by molar-refractivity contribution is 9.10. The van der Waals surface area contributed by atoms with Gasteiger partial charge in [0, 0.05) is 4.47 Å². The molecule has 4 aromatic carbocycles. The van der Waals surface area contributed by atoms with Crippen molar-refractivity contribution in [1.29, 1.82) is 0 Å². The molecule has 0 aliphatic heterocycles. The Labute approximate surface area is 157 Å². The average molecular weight is 389 g/mol. The Morgan fingerprint density at radius 1 is 0.680 bits per heavy atom. The predicted molar refractivity (Wildman–Crippen MR) is 113 cm³/mol. The lowest BCUT2D eigenvalue weighted by atomic mass is 9.79. The molecule has 0 atom stereocenters. The van der Waals surface area contributed by atoms with Crippen molar-refractivity contribution in [2.75, 3.05) is 0 Å². The van der Waals surface area contributed by atoms with E-state index in [1.165, 1.54) is 38.2 Å². The molecule has 0 bridgehead atoms. The summed E-state index contributed by atoms with van der Waals surface area (Å²) in [5, 5.41) is 5.21. The van der Waals surface area contributed by atoms with E-state index in [0.29, 0.717) is 0 Å². The van der Waals surface area contributed by atoms with Gasteiger partial charge in [-0.05, 0) is 67.9 Å². The van der Waals surface area contributed by atoms with Crippen molar-refractivity contribution in [3.05, 3.63) is 82.8 Å². The summed E-state index contributed by atoms with van der Waals surface area (Å²) >= 11 is 3.56. The van der Waals surface area contributed by atoms with Crippen molar-refractivity contribution < 1.29 is 0 Å². The van der Waals surface area contributed by atoms with Gasteiger partial charge in [0.2, 0.25) is 0 Å². The summed E-state index contributed by atoms with van der Waals surface area (Å²) in [6, 6.07) is 26.5. The number of halogens is 1. The molecule has 0 saturated heterocycles. The Morgan fingerprint density at radius 3 is 1.96 bits per heavy atom. The Morgan fingerprint density at radius 2 is 1.32 bits per heavy atom. The highest BCUT2D eigenvalue weighted by atomic mass is 79.9. The second kappa shape index (κ2) is 6.00. The van der Waals surface area contributed by atoms with Gasteiger partial charge in [0.1, 0.15) is 0 Å². The van der Waals surface area contributed by atoms with Gasteiger partial charge in [-0.2, -0.15) is 0 Å². The van der Waals surface area contributed by atoms with Crippen LogP contribution in [-0.2, 0) is 5.41 Å². The van der Waals surface area contributed by atoms with E-state index < -0.39 is 0 Å². The van der Waals surface area contributed by atoms with Crippen LogP contribution >= 0.6 is 15.9 Å². The molecule has 0 fully saturated rings. The smallest absolute Gasteiger partial charge is 0.0175 e. The van der Waals surface area contributed by atoms with Gasteiger partial charge in [-0.25, -0.2) is 0 Å². The lowest BCUT2D eigenvalue weighted by Crippen LogP contribution is -2.13. The molecule has 0 nitrogen and oxygen atoms in total. The second-order valence-electron chi connectivity index (χ2n) is 7.67. The highest BCUT2D eigenvalue weighted by Crippen LogP contribution is 2.40. The Bertz CT molecular complexity index is 1070. The molecule has 0 spiro atoms. The first kappa shape index (κ1) is 16.4. The summed E-state index contributed by atoms with van der Waals surface area (Å²) in [6.45, 7) is 6.87. The summed E-state index contributed by atoms with van der Waals surface area (Å²) in [5.41, 5.74) is 4.09. The van der Waals surface area contributed by atoms with Gasteiger partial charge in [-0.1, -0.05) is 85.2 Å². The molecule has 0 aliphatic rings. The van der Waals surface area contributed by atoms with E-state index in [1.54, 1.807) is 0 Å². The minimum atomic E-state index is 0.0856. The van der Waals surface area contributed by atoms with Crippen LogP contribution in [0.25, 0.3) is 32.7 Å². The quantitative estimate of drug-likeness (QED) is 0.292. The molecule has 25 heavy (non-hydrogen) atoms. The van der Waals surface area contributed by atoms with E-state index in [4.69, 9.17) is 0 Å². The van der Waals surface area contributed by atoms with Crippen molar-refractivity contribution in [3.63, 3.8) is 0 Å². The van der Waals surface area contributed by atoms with E-state index in [9.17, 15) is 0 Å². The molecule has 0 heterocycles. The average Bonchev–Trinajstić information content (AvgIpc) is 2.59. The lowest BCUT2D eigenvalue weighted by molar-refractivity contribution is 0.593. The fourth-order valence-electron chi connectivity index (χ4n) is 3.57. The molecule has 124 valence electrons. The van der Waals surface area contributed by atoms with Crippen LogP contribution in [0.3, 0.4) is 0 Å². The van der Waals surface area contributed by atoms with Crippen molar-refractivity contribution in [2.45, 2.75) is 26.2 Å². The van der Waals surface area contributed by atoms with Gasteiger partial charge in [-0.15, -0.1) is 0 Å². The largest absolute Gasteiger partial charge is 0.0616 e. The molecule has 0 amide bonds. The van der Waals surface area contributed by atoms with Crippen molar-refractivity contribution in [2.24, 2.45) is 0 Å². The van der Waals surface area contributed by atoms with Crippen LogP contribution in [0.4, 0.5) is 0 Å². The Balaban J connectivity index is 2.13. The maximum atomic E-state index is 3.56. The minimum absolute atomic E-state index is 0.0856. The van der Waals surface area contributed by atoms with Crippen LogP contribution in [0.1, 0.15) is 26.3 Å². The summed E-state index contributed by atoms with van der Waals surface area (Å²) in [6.07, 6.45) is 0.